The summed E-state index contributed by atoms with van der Waals surface area (Å²) in [7, 11) is 0. The number of hydrogen-bond acceptors (Lipinski definition) is 2. The molecule has 0 spiro atoms. The van der Waals surface area contributed by atoms with Gasteiger partial charge in [0.05, 0.1) is 11.1 Å². The summed E-state index contributed by atoms with van der Waals surface area (Å²) in [6.07, 6.45) is 0.373. The van der Waals surface area contributed by atoms with Gasteiger partial charge in [-0.3, -0.25) is 0 Å². The number of halogens is 3. The number of aliphatic hydroxyl groups excluding tert-OH is 1. The molecule has 2 N–H and O–H groups in total. The highest BCUT2D eigenvalue weighted by Crippen LogP contribution is 2.42. The van der Waals surface area contributed by atoms with Crippen LogP contribution in [0.2, 0.25) is 10.0 Å². The first-order valence-electron chi connectivity index (χ1n) is 6.32. The third-order valence-corrected chi connectivity index (χ3v) is 4.89. The maximum atomic E-state index is 13.5. The van der Waals surface area contributed by atoms with Crippen LogP contribution in [0.1, 0.15) is 38.8 Å². The molecule has 1 saturated carbocycles. The van der Waals surface area contributed by atoms with Crippen LogP contribution in [0.3, 0.4) is 0 Å². The predicted octanol–water partition coefficient (Wildman–Crippen LogP) is 3.94. The molecule has 0 bridgehead atoms. The Labute approximate surface area is 122 Å². The fourth-order valence-electron chi connectivity index (χ4n) is 2.51. The van der Waals surface area contributed by atoms with E-state index in [4.69, 9.17) is 23.2 Å². The van der Waals surface area contributed by atoms with E-state index < -0.39 is 5.82 Å². The highest BCUT2D eigenvalue weighted by atomic mass is 35.5. The second-order valence-corrected chi connectivity index (χ2v) is 6.56. The molecule has 0 saturated heterocycles. The van der Waals surface area contributed by atoms with Gasteiger partial charge in [0.25, 0.3) is 0 Å². The monoisotopic (exact) mass is 305 g/mol. The van der Waals surface area contributed by atoms with E-state index >= 15 is 0 Å². The summed E-state index contributed by atoms with van der Waals surface area (Å²) in [4.78, 5) is 0. The first-order valence-corrected chi connectivity index (χ1v) is 7.08. The summed E-state index contributed by atoms with van der Waals surface area (Å²) in [6.45, 7) is 5.90. The Kier molecular flexibility index (Phi) is 4.12. The van der Waals surface area contributed by atoms with Crippen LogP contribution in [0.5, 0.6) is 0 Å². The van der Waals surface area contributed by atoms with Gasteiger partial charge in [0.1, 0.15) is 5.82 Å². The van der Waals surface area contributed by atoms with E-state index in [1.165, 1.54) is 12.1 Å². The van der Waals surface area contributed by atoms with E-state index in [9.17, 15) is 9.50 Å². The number of rotatable bonds is 3. The van der Waals surface area contributed by atoms with Gasteiger partial charge in [-0.15, -0.1) is 0 Å². The Bertz CT molecular complexity index is 493. The molecule has 3 unspecified atom stereocenters. The van der Waals surface area contributed by atoms with E-state index in [1.807, 2.05) is 20.8 Å². The van der Waals surface area contributed by atoms with E-state index in [1.54, 1.807) is 0 Å². The number of hydrogen-bond donors (Lipinski definition) is 2. The first kappa shape index (κ1) is 15.0. The predicted molar refractivity (Wildman–Crippen MR) is 76.2 cm³/mol. The van der Waals surface area contributed by atoms with Crippen LogP contribution >= 0.6 is 23.2 Å². The Balaban J connectivity index is 2.18. The summed E-state index contributed by atoms with van der Waals surface area (Å²) < 4.78 is 13.5. The second-order valence-electron chi connectivity index (χ2n) is 5.77. The van der Waals surface area contributed by atoms with Gasteiger partial charge in [0.15, 0.2) is 0 Å². The number of benzene rings is 1. The third kappa shape index (κ3) is 2.62. The van der Waals surface area contributed by atoms with Crippen LogP contribution in [0, 0.1) is 11.2 Å². The van der Waals surface area contributed by atoms with Gasteiger partial charge >= 0.3 is 0 Å². The van der Waals surface area contributed by atoms with Crippen molar-refractivity contribution in [3.8, 4) is 0 Å². The molecule has 19 heavy (non-hydrogen) atoms. The van der Waals surface area contributed by atoms with E-state index in [0.717, 1.165) is 0 Å². The quantitative estimate of drug-likeness (QED) is 0.829. The zero-order valence-electron chi connectivity index (χ0n) is 11.2. The van der Waals surface area contributed by atoms with Crippen LogP contribution < -0.4 is 5.32 Å². The maximum Gasteiger partial charge on any atom is 0.142 e. The fourth-order valence-corrected chi connectivity index (χ4v) is 3.21. The molecule has 106 valence electrons. The first-order chi connectivity index (χ1) is 8.75. The van der Waals surface area contributed by atoms with Crippen LogP contribution in [-0.2, 0) is 0 Å². The average Bonchev–Trinajstić information content (AvgIpc) is 2.34. The number of aliphatic hydroxyl groups is 1. The Hall–Kier alpha value is -0.350. The van der Waals surface area contributed by atoms with E-state index in [2.05, 4.69) is 5.32 Å². The molecule has 1 aliphatic carbocycles. The topological polar surface area (TPSA) is 32.3 Å². The van der Waals surface area contributed by atoms with Crippen molar-refractivity contribution in [2.75, 3.05) is 0 Å². The third-order valence-electron chi connectivity index (χ3n) is 4.18. The molecule has 5 heteroatoms. The molecular formula is C14H18Cl2FNO. The van der Waals surface area contributed by atoms with Crippen molar-refractivity contribution in [1.29, 1.82) is 0 Å². The van der Waals surface area contributed by atoms with Crippen molar-refractivity contribution in [3.05, 3.63) is 33.6 Å². The van der Waals surface area contributed by atoms with Gasteiger partial charge in [-0.25, -0.2) is 4.39 Å². The molecule has 0 aromatic heterocycles. The summed E-state index contributed by atoms with van der Waals surface area (Å²) in [5.74, 6) is -0.470. The molecule has 1 fully saturated rings. The molecule has 1 aromatic carbocycles. The lowest BCUT2D eigenvalue weighted by Gasteiger charge is -2.50. The molecule has 0 amide bonds. The molecule has 0 heterocycles. The minimum absolute atomic E-state index is 0.0604. The smallest absolute Gasteiger partial charge is 0.142 e. The summed E-state index contributed by atoms with van der Waals surface area (Å²) >= 11 is 12.1. The second kappa shape index (κ2) is 5.21. The molecule has 0 aliphatic heterocycles. The molecule has 3 atom stereocenters. The van der Waals surface area contributed by atoms with Crippen molar-refractivity contribution in [2.24, 2.45) is 5.41 Å². The van der Waals surface area contributed by atoms with Gasteiger partial charge < -0.3 is 10.4 Å². The zero-order chi connectivity index (χ0) is 14.4. The molecule has 1 aliphatic rings. The fraction of sp³-hybridized carbons (Fsp3) is 0.571. The van der Waals surface area contributed by atoms with Crippen molar-refractivity contribution < 1.29 is 9.50 Å². The van der Waals surface area contributed by atoms with Crippen LogP contribution in [0.15, 0.2) is 12.1 Å². The van der Waals surface area contributed by atoms with Gasteiger partial charge in [-0.2, -0.15) is 0 Å². The normalized spacial score (nSPS) is 26.9. The zero-order valence-corrected chi connectivity index (χ0v) is 12.7. The standard InChI is InChI=1S/C14H18Cl2FNO/c1-7(18-10-6-11(19)14(10,2)3)12-8(15)4-5-9(17)13(12)16/h4-5,7,10-11,18-19H,6H2,1-3H3. The van der Waals surface area contributed by atoms with Crippen LogP contribution in [-0.4, -0.2) is 17.3 Å². The van der Waals surface area contributed by atoms with Gasteiger partial charge in [0.2, 0.25) is 0 Å². The SMILES string of the molecule is CC(NC1CC(O)C1(C)C)c1c(Cl)ccc(F)c1Cl. The van der Waals surface area contributed by atoms with Crippen molar-refractivity contribution in [1.82, 2.24) is 5.32 Å². The van der Waals surface area contributed by atoms with Gasteiger partial charge in [-0.1, -0.05) is 37.0 Å². The minimum atomic E-state index is -0.470. The number of nitrogens with one attached hydrogen (secondary N) is 1. The largest absolute Gasteiger partial charge is 0.392 e. The molecule has 1 aromatic rings. The van der Waals surface area contributed by atoms with Crippen LogP contribution in [0.25, 0.3) is 0 Å². The van der Waals surface area contributed by atoms with E-state index in [0.29, 0.717) is 17.0 Å². The van der Waals surface area contributed by atoms with Gasteiger partial charge in [0, 0.05) is 28.1 Å². The summed E-state index contributed by atoms with van der Waals surface area (Å²) in [5, 5.41) is 13.6. The molecule has 2 rings (SSSR count). The Morgan fingerprint density at radius 2 is 2.05 bits per heavy atom. The maximum absolute atomic E-state index is 13.5. The average molecular weight is 306 g/mol. The lowest BCUT2D eigenvalue weighted by atomic mass is 9.64. The van der Waals surface area contributed by atoms with Crippen molar-refractivity contribution in [2.45, 2.75) is 45.4 Å². The van der Waals surface area contributed by atoms with E-state index in [-0.39, 0.29) is 28.6 Å². The Morgan fingerprint density at radius 1 is 1.42 bits per heavy atom. The lowest BCUT2D eigenvalue weighted by Crippen LogP contribution is -2.60. The van der Waals surface area contributed by atoms with Gasteiger partial charge in [-0.05, 0) is 25.5 Å². The lowest BCUT2D eigenvalue weighted by molar-refractivity contribution is -0.0754. The highest BCUT2D eigenvalue weighted by molar-refractivity contribution is 6.36. The minimum Gasteiger partial charge on any atom is -0.392 e. The summed E-state index contributed by atoms with van der Waals surface area (Å²) in [6, 6.07) is 2.76. The van der Waals surface area contributed by atoms with Crippen molar-refractivity contribution >= 4 is 23.2 Å². The highest BCUT2D eigenvalue weighted by Gasteiger charge is 2.47. The summed E-state index contributed by atoms with van der Waals surface area (Å²) in [5.41, 5.74) is 0.376. The van der Waals surface area contributed by atoms with Crippen LogP contribution in [0.4, 0.5) is 4.39 Å². The molecule has 0 radical (unpaired) electrons. The van der Waals surface area contributed by atoms with Crippen molar-refractivity contribution in [3.63, 3.8) is 0 Å². The molecule has 2 nitrogen and oxygen atoms in total. The molecular weight excluding hydrogens is 288 g/mol. The Morgan fingerprint density at radius 3 is 2.58 bits per heavy atom.